The van der Waals surface area contributed by atoms with E-state index in [9.17, 15) is 9.90 Å². The van der Waals surface area contributed by atoms with Crippen LogP contribution in [0.2, 0.25) is 0 Å². The van der Waals surface area contributed by atoms with Gasteiger partial charge in [0.2, 0.25) is 0 Å². The average molecular weight is 382 g/mol. The summed E-state index contributed by atoms with van der Waals surface area (Å²) in [5.41, 5.74) is 0.726. The van der Waals surface area contributed by atoms with Crippen LogP contribution in [0, 0.1) is 5.92 Å². The number of allylic oxidation sites excluding steroid dienone is 2. The molecule has 0 radical (unpaired) electrons. The molecule has 1 rings (SSSR count). The van der Waals surface area contributed by atoms with E-state index >= 15 is 0 Å². The number of amides is 1. The summed E-state index contributed by atoms with van der Waals surface area (Å²) >= 11 is 0. The maximum Gasteiger partial charge on any atom is 0.407 e. The molecule has 0 saturated heterocycles. The van der Waals surface area contributed by atoms with Gasteiger partial charge >= 0.3 is 6.09 Å². The summed E-state index contributed by atoms with van der Waals surface area (Å²) in [6, 6.07) is 0.0991. The van der Waals surface area contributed by atoms with Crippen molar-refractivity contribution < 1.29 is 19.4 Å². The molecule has 0 fully saturated rings. The second-order valence-electron chi connectivity index (χ2n) is 8.66. The Bertz CT molecular complexity index is 507. The van der Waals surface area contributed by atoms with E-state index in [1.165, 1.54) is 5.57 Å². The molecule has 4 unspecified atom stereocenters. The molecular formula is C22H39NO4. The third-order valence-electron chi connectivity index (χ3n) is 4.80. The van der Waals surface area contributed by atoms with E-state index in [-0.39, 0.29) is 24.2 Å². The van der Waals surface area contributed by atoms with Gasteiger partial charge in [-0.3, -0.25) is 0 Å². The molecule has 2 N–H and O–H groups in total. The molecule has 27 heavy (non-hydrogen) atoms. The predicted octanol–water partition coefficient (Wildman–Crippen LogP) is 4.75. The zero-order valence-corrected chi connectivity index (χ0v) is 18.0. The lowest BCUT2D eigenvalue weighted by atomic mass is 9.93. The number of ether oxygens (including phenoxy) is 2. The van der Waals surface area contributed by atoms with Gasteiger partial charge in [-0.2, -0.15) is 0 Å². The van der Waals surface area contributed by atoms with E-state index in [1.54, 1.807) is 7.11 Å². The highest BCUT2D eigenvalue weighted by Crippen LogP contribution is 2.20. The van der Waals surface area contributed by atoms with Crippen LogP contribution in [-0.4, -0.2) is 42.2 Å². The van der Waals surface area contributed by atoms with E-state index < -0.39 is 11.7 Å². The number of carbonyl (C=O) groups is 1. The summed E-state index contributed by atoms with van der Waals surface area (Å²) in [6.45, 7) is 9.71. The Morgan fingerprint density at radius 3 is 2.59 bits per heavy atom. The maximum atomic E-state index is 12.1. The highest BCUT2D eigenvalue weighted by molar-refractivity contribution is 5.68. The molecule has 0 saturated carbocycles. The second kappa shape index (κ2) is 11.5. The van der Waals surface area contributed by atoms with Gasteiger partial charge in [0.1, 0.15) is 11.7 Å². The van der Waals surface area contributed by atoms with E-state index in [1.807, 2.05) is 33.8 Å². The number of rotatable bonds is 2. The Kier molecular flexibility index (Phi) is 10.1. The van der Waals surface area contributed by atoms with Gasteiger partial charge in [0.15, 0.2) is 0 Å². The summed E-state index contributed by atoms with van der Waals surface area (Å²) in [5, 5.41) is 13.6. The number of nitrogens with one attached hydrogen (secondary N) is 1. The number of hydrogen-bond donors (Lipinski definition) is 2. The summed E-state index contributed by atoms with van der Waals surface area (Å²) in [5.74, 6) is -0.000180. The first-order valence-corrected chi connectivity index (χ1v) is 10.2. The molecule has 0 aromatic heterocycles. The molecule has 0 bridgehead atoms. The normalized spacial score (nSPS) is 28.8. The zero-order chi connectivity index (χ0) is 20.4. The lowest BCUT2D eigenvalue weighted by Gasteiger charge is -2.25. The second-order valence-corrected chi connectivity index (χ2v) is 8.66. The Morgan fingerprint density at radius 1 is 1.26 bits per heavy atom. The van der Waals surface area contributed by atoms with Crippen LogP contribution in [0.15, 0.2) is 23.8 Å². The monoisotopic (exact) mass is 381 g/mol. The topological polar surface area (TPSA) is 67.8 Å². The van der Waals surface area contributed by atoms with Gasteiger partial charge in [-0.15, -0.1) is 0 Å². The van der Waals surface area contributed by atoms with Crippen LogP contribution in [0.3, 0.4) is 0 Å². The van der Waals surface area contributed by atoms with Gasteiger partial charge in [0.25, 0.3) is 0 Å². The van der Waals surface area contributed by atoms with Gasteiger partial charge in [-0.25, -0.2) is 4.79 Å². The Balaban J connectivity index is 2.79. The molecule has 1 aliphatic rings. The molecule has 1 amide bonds. The van der Waals surface area contributed by atoms with Crippen molar-refractivity contribution in [2.45, 2.75) is 97.0 Å². The van der Waals surface area contributed by atoms with Crippen molar-refractivity contribution >= 4 is 6.09 Å². The van der Waals surface area contributed by atoms with Crippen molar-refractivity contribution in [1.29, 1.82) is 0 Å². The van der Waals surface area contributed by atoms with Crippen LogP contribution < -0.4 is 5.32 Å². The smallest absolute Gasteiger partial charge is 0.407 e. The van der Waals surface area contributed by atoms with Crippen LogP contribution in [0.25, 0.3) is 0 Å². The quantitative estimate of drug-likeness (QED) is 0.678. The molecular weight excluding hydrogens is 342 g/mol. The summed E-state index contributed by atoms with van der Waals surface area (Å²) in [6.07, 6.45) is 10.7. The van der Waals surface area contributed by atoms with Crippen LogP contribution >= 0.6 is 0 Å². The Hall–Kier alpha value is -1.33. The van der Waals surface area contributed by atoms with Gasteiger partial charge < -0.3 is 19.9 Å². The first-order valence-electron chi connectivity index (χ1n) is 10.2. The first-order chi connectivity index (χ1) is 12.6. The minimum Gasteiger partial charge on any atom is -0.444 e. The van der Waals surface area contributed by atoms with Crippen molar-refractivity contribution in [2.24, 2.45) is 5.92 Å². The van der Waals surface area contributed by atoms with Gasteiger partial charge in [-0.1, -0.05) is 37.1 Å². The van der Waals surface area contributed by atoms with Gasteiger partial charge in [0, 0.05) is 19.1 Å². The third-order valence-corrected chi connectivity index (χ3v) is 4.80. The van der Waals surface area contributed by atoms with Crippen molar-refractivity contribution in [2.75, 3.05) is 7.11 Å². The van der Waals surface area contributed by atoms with Gasteiger partial charge in [0.05, 0.1) is 6.10 Å². The van der Waals surface area contributed by atoms with E-state index in [0.717, 1.165) is 38.5 Å². The van der Waals surface area contributed by atoms with Crippen molar-refractivity contribution in [3.05, 3.63) is 23.8 Å². The Morgan fingerprint density at radius 2 is 1.96 bits per heavy atom. The van der Waals surface area contributed by atoms with Crippen molar-refractivity contribution in [1.82, 2.24) is 5.32 Å². The standard InChI is InChI=1S/C22H39NO4/c1-16-13-14-18(23-21(25)27-22(3,4)5)11-9-7-8-10-12-19(26-6)20(24)17(2)15-16/h10,12,15,17-20,24H,7-9,11,13-14H2,1-6H3,(H,23,25). The number of aliphatic hydroxyl groups is 1. The SMILES string of the molecule is COC1C=CCCCCC(NC(=O)OC(C)(C)C)CCC(C)=CC(C)C1O. The summed E-state index contributed by atoms with van der Waals surface area (Å²) < 4.78 is 10.9. The fraction of sp³-hybridized carbons (Fsp3) is 0.773. The molecule has 0 aromatic rings. The minimum atomic E-state index is -0.570. The third kappa shape index (κ3) is 9.96. The summed E-state index contributed by atoms with van der Waals surface area (Å²) in [7, 11) is 1.64. The van der Waals surface area contributed by atoms with Crippen LogP contribution in [0.5, 0.6) is 0 Å². The largest absolute Gasteiger partial charge is 0.444 e. The molecule has 0 heterocycles. The van der Waals surface area contributed by atoms with E-state index in [2.05, 4.69) is 24.4 Å². The van der Waals surface area contributed by atoms with Crippen LogP contribution in [0.1, 0.15) is 73.1 Å². The lowest BCUT2D eigenvalue weighted by Crippen LogP contribution is -2.39. The molecule has 0 aliphatic heterocycles. The number of carbonyl (C=O) groups excluding carboxylic acids is 1. The zero-order valence-electron chi connectivity index (χ0n) is 18.0. The lowest BCUT2D eigenvalue weighted by molar-refractivity contribution is -0.00188. The fourth-order valence-corrected chi connectivity index (χ4v) is 3.31. The predicted molar refractivity (Wildman–Crippen MR) is 110 cm³/mol. The van der Waals surface area contributed by atoms with E-state index in [4.69, 9.17) is 9.47 Å². The Labute approximate surface area is 165 Å². The summed E-state index contributed by atoms with van der Waals surface area (Å²) in [4.78, 5) is 12.1. The highest BCUT2D eigenvalue weighted by atomic mass is 16.6. The molecule has 0 spiro atoms. The van der Waals surface area contributed by atoms with Crippen molar-refractivity contribution in [3.8, 4) is 0 Å². The van der Waals surface area contributed by atoms with Crippen LogP contribution in [0.4, 0.5) is 4.79 Å². The number of aliphatic hydroxyl groups excluding tert-OH is 1. The number of alkyl carbamates (subject to hydrolysis) is 1. The average Bonchev–Trinajstić information content (AvgIpc) is 2.55. The van der Waals surface area contributed by atoms with E-state index in [0.29, 0.717) is 0 Å². The fourth-order valence-electron chi connectivity index (χ4n) is 3.31. The van der Waals surface area contributed by atoms with Crippen LogP contribution in [-0.2, 0) is 9.47 Å². The maximum absolute atomic E-state index is 12.1. The molecule has 5 heteroatoms. The number of methoxy groups -OCH3 is 1. The number of hydrogen-bond acceptors (Lipinski definition) is 4. The molecule has 4 atom stereocenters. The molecule has 0 aromatic carbocycles. The molecule has 5 nitrogen and oxygen atoms in total. The molecule has 156 valence electrons. The van der Waals surface area contributed by atoms with Crippen molar-refractivity contribution in [3.63, 3.8) is 0 Å². The minimum absolute atomic E-state index is 0.000180. The molecule has 1 aliphatic carbocycles. The first kappa shape index (κ1) is 23.7. The highest BCUT2D eigenvalue weighted by Gasteiger charge is 2.22. The van der Waals surface area contributed by atoms with Gasteiger partial charge in [-0.05, 0) is 59.8 Å².